The highest BCUT2D eigenvalue weighted by atomic mass is 16.5. The number of hydrogen-bond acceptors (Lipinski definition) is 4. The van der Waals surface area contributed by atoms with Crippen molar-refractivity contribution >= 4 is 23.2 Å². The number of imide groups is 1. The maximum Gasteiger partial charge on any atom is 0.233 e. The number of carbonyl (C=O) groups is 2. The van der Waals surface area contributed by atoms with Crippen LogP contribution >= 0.6 is 0 Å². The maximum absolute atomic E-state index is 11.7. The van der Waals surface area contributed by atoms with Gasteiger partial charge in [-0.3, -0.25) is 14.5 Å². The number of nitrogens with two attached hydrogens (primary N) is 1. The Morgan fingerprint density at radius 1 is 1.24 bits per heavy atom. The summed E-state index contributed by atoms with van der Waals surface area (Å²) in [7, 11) is 1.50. The summed E-state index contributed by atoms with van der Waals surface area (Å²) in [5.41, 5.74) is 6.68. The average molecular weight is 234 g/mol. The van der Waals surface area contributed by atoms with Gasteiger partial charge in [-0.1, -0.05) is 0 Å². The summed E-state index contributed by atoms with van der Waals surface area (Å²) in [4.78, 5) is 24.6. The Labute approximate surface area is 99.2 Å². The van der Waals surface area contributed by atoms with Crippen LogP contribution in [-0.4, -0.2) is 18.9 Å². The van der Waals surface area contributed by atoms with E-state index in [1.165, 1.54) is 12.0 Å². The number of anilines is 2. The molecule has 0 unspecified atom stereocenters. The van der Waals surface area contributed by atoms with Crippen LogP contribution in [0.3, 0.4) is 0 Å². The lowest BCUT2D eigenvalue weighted by molar-refractivity contribution is -0.129. The molecular formula is C12H14N2O3. The van der Waals surface area contributed by atoms with Crippen LogP contribution < -0.4 is 15.4 Å². The van der Waals surface area contributed by atoms with E-state index in [-0.39, 0.29) is 11.8 Å². The Balaban J connectivity index is 2.38. The Hall–Kier alpha value is -2.04. The normalized spacial score (nSPS) is 16.2. The Bertz CT molecular complexity index is 455. The second kappa shape index (κ2) is 4.45. The van der Waals surface area contributed by atoms with Gasteiger partial charge in [0.1, 0.15) is 5.75 Å². The van der Waals surface area contributed by atoms with Gasteiger partial charge in [-0.25, -0.2) is 0 Å². The smallest absolute Gasteiger partial charge is 0.233 e. The highest BCUT2D eigenvalue weighted by Crippen LogP contribution is 2.29. The second-order valence-corrected chi connectivity index (χ2v) is 3.90. The summed E-state index contributed by atoms with van der Waals surface area (Å²) in [6, 6.07) is 4.89. The molecule has 2 N–H and O–H groups in total. The Morgan fingerprint density at radius 2 is 1.88 bits per heavy atom. The highest BCUT2D eigenvalue weighted by Gasteiger charge is 2.27. The molecule has 0 radical (unpaired) electrons. The zero-order chi connectivity index (χ0) is 12.4. The first-order valence-electron chi connectivity index (χ1n) is 5.43. The molecule has 1 aromatic carbocycles. The molecule has 1 fully saturated rings. The molecule has 90 valence electrons. The van der Waals surface area contributed by atoms with Crippen molar-refractivity contribution in [1.82, 2.24) is 0 Å². The number of benzene rings is 1. The quantitative estimate of drug-likeness (QED) is 0.618. The van der Waals surface area contributed by atoms with Gasteiger partial charge in [0.15, 0.2) is 0 Å². The van der Waals surface area contributed by atoms with Gasteiger partial charge >= 0.3 is 0 Å². The minimum atomic E-state index is -0.173. The lowest BCUT2D eigenvalue weighted by atomic mass is 10.1. The molecule has 1 saturated heterocycles. The predicted molar refractivity (Wildman–Crippen MR) is 63.8 cm³/mol. The molecule has 1 aliphatic heterocycles. The first kappa shape index (κ1) is 11.4. The number of amides is 2. The molecule has 0 atom stereocenters. The summed E-state index contributed by atoms with van der Waals surface area (Å²) >= 11 is 0. The van der Waals surface area contributed by atoms with Gasteiger partial charge < -0.3 is 10.5 Å². The third-order valence-electron chi connectivity index (χ3n) is 2.76. The van der Waals surface area contributed by atoms with Crippen LogP contribution in [0.5, 0.6) is 5.75 Å². The van der Waals surface area contributed by atoms with Gasteiger partial charge in [-0.2, -0.15) is 0 Å². The van der Waals surface area contributed by atoms with Crippen molar-refractivity contribution in [1.29, 1.82) is 0 Å². The standard InChI is InChI=1S/C12H14N2O3/c1-17-10-7-8(5-6-9(10)13)14-11(15)3-2-4-12(14)16/h5-7H,2-4,13H2,1H3. The van der Waals surface area contributed by atoms with Gasteiger partial charge in [-0.05, 0) is 18.6 Å². The largest absolute Gasteiger partial charge is 0.495 e. The van der Waals surface area contributed by atoms with E-state index >= 15 is 0 Å². The fourth-order valence-corrected chi connectivity index (χ4v) is 1.88. The minimum absolute atomic E-state index is 0.173. The van der Waals surface area contributed by atoms with Gasteiger partial charge in [0.25, 0.3) is 0 Å². The van der Waals surface area contributed by atoms with E-state index in [9.17, 15) is 9.59 Å². The number of rotatable bonds is 2. The zero-order valence-corrected chi connectivity index (χ0v) is 9.60. The van der Waals surface area contributed by atoms with Gasteiger partial charge in [0, 0.05) is 18.9 Å². The SMILES string of the molecule is COc1cc(N2C(=O)CCCC2=O)ccc1N. The molecule has 5 nitrogen and oxygen atoms in total. The van der Waals surface area contributed by atoms with Crippen molar-refractivity contribution in [2.75, 3.05) is 17.7 Å². The molecule has 0 spiro atoms. The molecule has 2 rings (SSSR count). The third-order valence-corrected chi connectivity index (χ3v) is 2.76. The van der Waals surface area contributed by atoms with E-state index in [0.29, 0.717) is 36.4 Å². The molecule has 1 aliphatic rings. The molecule has 0 bridgehead atoms. The van der Waals surface area contributed by atoms with Gasteiger partial charge in [0.2, 0.25) is 11.8 Å². The lowest BCUT2D eigenvalue weighted by Crippen LogP contribution is -2.40. The fourth-order valence-electron chi connectivity index (χ4n) is 1.88. The van der Waals surface area contributed by atoms with Crippen LogP contribution in [0.1, 0.15) is 19.3 Å². The van der Waals surface area contributed by atoms with Crippen LogP contribution in [0.4, 0.5) is 11.4 Å². The topological polar surface area (TPSA) is 72.6 Å². The lowest BCUT2D eigenvalue weighted by Gasteiger charge is -2.25. The van der Waals surface area contributed by atoms with Crippen molar-refractivity contribution in [3.63, 3.8) is 0 Å². The first-order valence-corrected chi connectivity index (χ1v) is 5.43. The number of ether oxygens (including phenoxy) is 1. The number of hydrogen-bond donors (Lipinski definition) is 1. The third kappa shape index (κ3) is 2.08. The molecule has 0 saturated carbocycles. The van der Waals surface area contributed by atoms with Crippen molar-refractivity contribution in [3.8, 4) is 5.75 Å². The Kier molecular flexibility index (Phi) is 2.99. The van der Waals surface area contributed by atoms with Crippen molar-refractivity contribution in [2.45, 2.75) is 19.3 Å². The van der Waals surface area contributed by atoms with E-state index in [0.717, 1.165) is 0 Å². The Morgan fingerprint density at radius 3 is 2.47 bits per heavy atom. The molecule has 5 heteroatoms. The molecule has 2 amide bonds. The molecule has 0 aromatic heterocycles. The number of nitrogens with zero attached hydrogens (tertiary/aromatic N) is 1. The fraction of sp³-hybridized carbons (Fsp3) is 0.333. The highest BCUT2D eigenvalue weighted by molar-refractivity contribution is 6.16. The molecule has 1 aromatic rings. The summed E-state index contributed by atoms with van der Waals surface area (Å²) in [5.74, 6) is 0.120. The number of carbonyl (C=O) groups excluding carboxylic acids is 2. The first-order chi connectivity index (χ1) is 8.13. The number of methoxy groups -OCH3 is 1. The second-order valence-electron chi connectivity index (χ2n) is 3.90. The molecule has 0 aliphatic carbocycles. The van der Waals surface area contributed by atoms with E-state index < -0.39 is 0 Å². The summed E-state index contributed by atoms with van der Waals surface area (Å²) in [6.07, 6.45) is 1.43. The summed E-state index contributed by atoms with van der Waals surface area (Å²) in [5, 5.41) is 0. The van der Waals surface area contributed by atoms with Crippen LogP contribution in [-0.2, 0) is 9.59 Å². The van der Waals surface area contributed by atoms with E-state index in [2.05, 4.69) is 0 Å². The van der Waals surface area contributed by atoms with Gasteiger partial charge in [0.05, 0.1) is 18.5 Å². The van der Waals surface area contributed by atoms with Gasteiger partial charge in [-0.15, -0.1) is 0 Å². The van der Waals surface area contributed by atoms with E-state index in [1.807, 2.05) is 0 Å². The average Bonchev–Trinajstić information content (AvgIpc) is 2.31. The maximum atomic E-state index is 11.7. The monoisotopic (exact) mass is 234 g/mol. The predicted octanol–water partition coefficient (Wildman–Crippen LogP) is 1.32. The molecule has 17 heavy (non-hydrogen) atoms. The van der Waals surface area contributed by atoms with Crippen molar-refractivity contribution in [3.05, 3.63) is 18.2 Å². The number of piperidine rings is 1. The summed E-state index contributed by atoms with van der Waals surface area (Å²) < 4.78 is 5.07. The van der Waals surface area contributed by atoms with Crippen LogP contribution in [0.2, 0.25) is 0 Å². The zero-order valence-electron chi connectivity index (χ0n) is 9.60. The van der Waals surface area contributed by atoms with E-state index in [1.54, 1.807) is 18.2 Å². The van der Waals surface area contributed by atoms with E-state index in [4.69, 9.17) is 10.5 Å². The summed E-state index contributed by atoms with van der Waals surface area (Å²) in [6.45, 7) is 0. The molecule has 1 heterocycles. The van der Waals surface area contributed by atoms with Crippen LogP contribution in [0, 0.1) is 0 Å². The minimum Gasteiger partial charge on any atom is -0.495 e. The van der Waals surface area contributed by atoms with Crippen LogP contribution in [0.25, 0.3) is 0 Å². The van der Waals surface area contributed by atoms with Crippen LogP contribution in [0.15, 0.2) is 18.2 Å². The number of nitrogen functional groups attached to an aromatic ring is 1. The molecular weight excluding hydrogens is 220 g/mol. The van der Waals surface area contributed by atoms with Crippen molar-refractivity contribution < 1.29 is 14.3 Å². The van der Waals surface area contributed by atoms with Crippen molar-refractivity contribution in [2.24, 2.45) is 0 Å².